The lowest BCUT2D eigenvalue weighted by Crippen LogP contribution is -2.23. The lowest BCUT2D eigenvalue weighted by atomic mass is 10.2. The molecule has 2 aromatic rings. The highest BCUT2D eigenvalue weighted by Gasteiger charge is 2.00. The third kappa shape index (κ3) is 22.7. The molecule has 0 aliphatic rings. The summed E-state index contributed by atoms with van der Waals surface area (Å²) in [6.07, 6.45) is 23.2. The Morgan fingerprint density at radius 3 is 1.22 bits per heavy atom. The summed E-state index contributed by atoms with van der Waals surface area (Å²) >= 11 is 0. The minimum atomic E-state index is -4.29. The Hall–Kier alpha value is -1.76. The predicted molar refractivity (Wildman–Crippen MR) is 138 cm³/mol. The lowest BCUT2D eigenvalue weighted by molar-refractivity contribution is -0.671. The average molecular weight is 551 g/mol. The van der Waals surface area contributed by atoms with Crippen LogP contribution in [0.2, 0.25) is 0 Å². The molecule has 0 aromatic carbocycles. The monoisotopic (exact) mass is 550 g/mol. The Balaban J connectivity index is 0.000000510. The van der Waals surface area contributed by atoms with E-state index in [1.807, 2.05) is 0 Å². The quantitative estimate of drug-likeness (QED) is 0.190. The highest BCUT2D eigenvalue weighted by Crippen LogP contribution is 2.01. The predicted octanol–water partition coefficient (Wildman–Crippen LogP) is 2.64. The van der Waals surface area contributed by atoms with E-state index in [1.54, 1.807) is 0 Å². The molecule has 0 amide bonds. The maximum atomic E-state index is 9.97. The summed E-state index contributed by atoms with van der Waals surface area (Å²) in [5, 5.41) is 0. The number of rotatable bonds is 15. The third-order valence-electron chi connectivity index (χ3n) is 5.23. The molecule has 0 spiro atoms. The van der Waals surface area contributed by atoms with Crippen molar-refractivity contribution in [1.29, 1.82) is 0 Å². The molecule has 0 fully saturated rings. The van der Waals surface area contributed by atoms with Gasteiger partial charge in [-0.3, -0.25) is 0 Å². The van der Waals surface area contributed by atoms with Gasteiger partial charge in [-0.1, -0.05) is 39.5 Å². The van der Waals surface area contributed by atoms with Gasteiger partial charge in [-0.15, -0.1) is 0 Å². The van der Waals surface area contributed by atoms with Crippen LogP contribution in [0, 0.1) is 0 Å². The fraction of sp³-hybridized carbons (Fsp3) is 0.750. The van der Waals surface area contributed by atoms with Crippen molar-refractivity contribution in [1.82, 2.24) is 9.13 Å². The number of nitrogens with zero attached hydrogens (tertiary/aromatic N) is 4. The van der Waals surface area contributed by atoms with Crippen molar-refractivity contribution in [3.05, 3.63) is 37.4 Å². The van der Waals surface area contributed by atoms with Gasteiger partial charge in [-0.25, -0.2) is 35.1 Å². The standard InChI is InChI=1S/2C10H19N2.C4H10O6S2/c2*1-3-4-5-6-7-12-9-8-11(2)10-12;5-11(6,7)3-1-2-4-12(8,9)10/h2*8-10H,3-7H2,1-2H3;1-4H2,(H,5,6,7)(H,8,9,10)/q2*+1;/p-2. The Kier molecular flexibility index (Phi) is 18.4. The number of hydrogen-bond donors (Lipinski definition) is 0. The Morgan fingerprint density at radius 1 is 0.611 bits per heavy atom. The molecular weight excluding hydrogens is 504 g/mol. The van der Waals surface area contributed by atoms with Crippen LogP contribution in [-0.2, 0) is 47.4 Å². The molecule has 2 heterocycles. The van der Waals surface area contributed by atoms with Crippen LogP contribution in [0.1, 0.15) is 78.1 Å². The molecule has 0 bridgehead atoms. The van der Waals surface area contributed by atoms with Crippen LogP contribution in [-0.4, -0.2) is 46.6 Å². The number of hydrogen-bond acceptors (Lipinski definition) is 6. The Bertz CT molecular complexity index is 935. The van der Waals surface area contributed by atoms with Crippen LogP contribution in [0.15, 0.2) is 37.4 Å². The second-order valence-corrected chi connectivity index (χ2v) is 12.0. The SMILES string of the molecule is CCCCCCn1cc[n+](C)c1.CCCCCCn1cc[n+](C)c1.O=S(=O)([O-])CCCCS(=O)(=O)[O-]. The van der Waals surface area contributed by atoms with Crippen molar-refractivity contribution < 1.29 is 35.1 Å². The molecule has 0 N–H and O–H groups in total. The van der Waals surface area contributed by atoms with Gasteiger partial charge < -0.3 is 9.11 Å². The van der Waals surface area contributed by atoms with Gasteiger partial charge in [-0.05, 0) is 38.5 Å². The van der Waals surface area contributed by atoms with Gasteiger partial charge in [0.15, 0.2) is 0 Å². The maximum Gasteiger partial charge on any atom is 0.243 e. The van der Waals surface area contributed by atoms with E-state index in [0.29, 0.717) is 0 Å². The van der Waals surface area contributed by atoms with E-state index in [1.165, 1.54) is 64.5 Å². The van der Waals surface area contributed by atoms with E-state index in [4.69, 9.17) is 0 Å². The summed E-state index contributed by atoms with van der Waals surface area (Å²) in [5.74, 6) is -1.24. The summed E-state index contributed by atoms with van der Waals surface area (Å²) in [6, 6.07) is 0. The van der Waals surface area contributed by atoms with Crippen molar-refractivity contribution in [2.75, 3.05) is 11.5 Å². The number of aromatic nitrogens is 4. The van der Waals surface area contributed by atoms with Gasteiger partial charge in [0, 0.05) is 11.5 Å². The molecule has 0 saturated heterocycles. The van der Waals surface area contributed by atoms with Crippen molar-refractivity contribution in [2.24, 2.45) is 14.1 Å². The van der Waals surface area contributed by atoms with Gasteiger partial charge in [0.2, 0.25) is 12.7 Å². The fourth-order valence-corrected chi connectivity index (χ4v) is 4.38. The molecule has 0 unspecified atom stereocenters. The number of unbranched alkanes of at least 4 members (excludes halogenated alkanes) is 7. The molecule has 0 atom stereocenters. The molecule has 10 nitrogen and oxygen atoms in total. The van der Waals surface area contributed by atoms with E-state index in [0.717, 1.165) is 0 Å². The zero-order chi connectivity index (χ0) is 27.5. The third-order valence-corrected chi connectivity index (χ3v) is 6.80. The van der Waals surface area contributed by atoms with Crippen LogP contribution in [0.3, 0.4) is 0 Å². The van der Waals surface area contributed by atoms with E-state index in [9.17, 15) is 25.9 Å². The molecule has 0 saturated carbocycles. The highest BCUT2D eigenvalue weighted by molar-refractivity contribution is 7.86. The molecule has 210 valence electrons. The van der Waals surface area contributed by atoms with Crippen molar-refractivity contribution in [3.63, 3.8) is 0 Å². The summed E-state index contributed by atoms with van der Waals surface area (Å²) in [4.78, 5) is 0. The van der Waals surface area contributed by atoms with Gasteiger partial charge >= 0.3 is 0 Å². The minimum Gasteiger partial charge on any atom is -0.748 e. The van der Waals surface area contributed by atoms with Gasteiger partial charge in [0.05, 0.1) is 47.4 Å². The first-order chi connectivity index (χ1) is 16.9. The second kappa shape index (κ2) is 19.4. The number of imidazole rings is 2. The maximum absolute atomic E-state index is 9.97. The van der Waals surface area contributed by atoms with Crippen molar-refractivity contribution in [2.45, 2.75) is 91.1 Å². The van der Waals surface area contributed by atoms with Gasteiger partial charge in [-0.2, -0.15) is 0 Å². The highest BCUT2D eigenvalue weighted by atomic mass is 32.2. The molecule has 12 heteroatoms. The van der Waals surface area contributed by atoms with E-state index in [2.05, 4.69) is 83.7 Å². The minimum absolute atomic E-state index is 0.0900. The van der Waals surface area contributed by atoms with E-state index >= 15 is 0 Å². The summed E-state index contributed by atoms with van der Waals surface area (Å²) in [7, 11) is -4.46. The average Bonchev–Trinajstić information content (AvgIpc) is 3.39. The number of aryl methyl sites for hydroxylation is 4. The zero-order valence-corrected chi connectivity index (χ0v) is 24.1. The zero-order valence-electron chi connectivity index (χ0n) is 22.4. The summed E-state index contributed by atoms with van der Waals surface area (Å²) in [5.41, 5.74) is 0. The normalized spacial score (nSPS) is 11.4. The first-order valence-electron chi connectivity index (χ1n) is 12.8. The van der Waals surface area contributed by atoms with Gasteiger partial charge in [0.1, 0.15) is 24.8 Å². The van der Waals surface area contributed by atoms with E-state index < -0.39 is 31.7 Å². The molecule has 0 radical (unpaired) electrons. The van der Waals surface area contributed by atoms with Gasteiger partial charge in [0.25, 0.3) is 0 Å². The molecule has 2 aromatic heterocycles. The van der Waals surface area contributed by atoms with E-state index in [-0.39, 0.29) is 12.8 Å². The van der Waals surface area contributed by atoms with Crippen molar-refractivity contribution >= 4 is 20.2 Å². The smallest absolute Gasteiger partial charge is 0.243 e. The molecule has 36 heavy (non-hydrogen) atoms. The van der Waals surface area contributed by atoms with Crippen LogP contribution in [0.4, 0.5) is 0 Å². The lowest BCUT2D eigenvalue weighted by Gasteiger charge is -2.07. The van der Waals surface area contributed by atoms with Crippen LogP contribution in [0.25, 0.3) is 0 Å². The topological polar surface area (TPSA) is 132 Å². The fourth-order valence-electron chi connectivity index (χ4n) is 3.27. The molecular formula is C24H46N4O6S2. The van der Waals surface area contributed by atoms with Crippen LogP contribution < -0.4 is 9.13 Å². The van der Waals surface area contributed by atoms with Crippen LogP contribution >= 0.6 is 0 Å². The Labute approximate surface area is 218 Å². The van der Waals surface area contributed by atoms with Crippen molar-refractivity contribution in [3.8, 4) is 0 Å². The summed E-state index contributed by atoms with van der Waals surface area (Å²) in [6.45, 7) is 6.83. The molecule has 0 aliphatic heterocycles. The summed E-state index contributed by atoms with van der Waals surface area (Å²) < 4.78 is 68.5. The molecule has 0 aliphatic carbocycles. The first-order valence-corrected chi connectivity index (χ1v) is 15.9. The molecule has 2 rings (SSSR count). The first kappa shape index (κ1) is 34.2. The second-order valence-electron chi connectivity index (χ2n) is 8.99. The largest absolute Gasteiger partial charge is 0.748 e. The Morgan fingerprint density at radius 2 is 0.972 bits per heavy atom. The van der Waals surface area contributed by atoms with Crippen LogP contribution in [0.5, 0.6) is 0 Å².